The Labute approximate surface area is 111 Å². The summed E-state index contributed by atoms with van der Waals surface area (Å²) in [6.07, 6.45) is -0.562. The molecule has 3 nitrogen and oxygen atoms in total. The van der Waals surface area contributed by atoms with Crippen LogP contribution in [0.4, 0.5) is 0 Å². The van der Waals surface area contributed by atoms with Crippen LogP contribution in [0.2, 0.25) is 10.0 Å². The zero-order valence-electron chi connectivity index (χ0n) is 9.78. The smallest absolute Gasteiger partial charge is 0.140 e. The Morgan fingerprint density at radius 2 is 1.94 bits per heavy atom. The molecule has 0 aliphatic carbocycles. The molecule has 0 aromatic heterocycles. The molecule has 0 radical (unpaired) electrons. The molecule has 1 aromatic rings. The van der Waals surface area contributed by atoms with Gasteiger partial charge < -0.3 is 14.9 Å². The van der Waals surface area contributed by atoms with Crippen LogP contribution in [-0.2, 0) is 6.42 Å². The lowest BCUT2D eigenvalue weighted by Crippen LogP contribution is -2.22. The molecule has 5 heteroatoms. The summed E-state index contributed by atoms with van der Waals surface area (Å²) < 4.78 is 5.19. The van der Waals surface area contributed by atoms with E-state index in [0.29, 0.717) is 28.6 Å². The first-order valence-corrected chi connectivity index (χ1v) is 6.09. The van der Waals surface area contributed by atoms with Gasteiger partial charge in [-0.15, -0.1) is 0 Å². The van der Waals surface area contributed by atoms with Gasteiger partial charge in [0.2, 0.25) is 0 Å². The number of ether oxygens (including phenoxy) is 1. The molecule has 1 aromatic carbocycles. The monoisotopic (exact) mass is 278 g/mol. The minimum absolute atomic E-state index is 0.421. The van der Waals surface area contributed by atoms with Crippen LogP contribution in [-0.4, -0.2) is 29.5 Å². The van der Waals surface area contributed by atoms with Gasteiger partial charge in [0, 0.05) is 5.02 Å². The third-order valence-corrected chi connectivity index (χ3v) is 3.05. The highest BCUT2D eigenvalue weighted by Gasteiger charge is 2.14. The molecule has 0 aliphatic heterocycles. The molecule has 2 unspecified atom stereocenters. The molecule has 0 aliphatic rings. The van der Waals surface area contributed by atoms with E-state index in [1.165, 1.54) is 7.11 Å². The van der Waals surface area contributed by atoms with Crippen molar-refractivity contribution in [3.63, 3.8) is 0 Å². The standard InChI is InChI=1S/C12H16Cl2O3/c1-7(15)11(16)4-3-8-5-9(13)6-10(14)12(8)17-2/h5-7,11,15-16H,3-4H2,1-2H3. The molecule has 2 N–H and O–H groups in total. The largest absolute Gasteiger partial charge is 0.495 e. The van der Waals surface area contributed by atoms with Crippen molar-refractivity contribution < 1.29 is 14.9 Å². The summed E-state index contributed by atoms with van der Waals surface area (Å²) in [5.41, 5.74) is 0.824. The van der Waals surface area contributed by atoms with E-state index in [0.717, 1.165) is 5.56 Å². The first-order valence-electron chi connectivity index (χ1n) is 5.33. The third-order valence-electron chi connectivity index (χ3n) is 2.56. The van der Waals surface area contributed by atoms with Crippen molar-refractivity contribution in [1.82, 2.24) is 0 Å². The molecule has 2 atom stereocenters. The molecule has 1 rings (SSSR count). The minimum Gasteiger partial charge on any atom is -0.495 e. The molecular weight excluding hydrogens is 263 g/mol. The molecule has 0 heterocycles. The molecule has 96 valence electrons. The topological polar surface area (TPSA) is 49.7 Å². The highest BCUT2D eigenvalue weighted by Crippen LogP contribution is 2.33. The summed E-state index contributed by atoms with van der Waals surface area (Å²) in [4.78, 5) is 0. The number of halogens is 2. The van der Waals surface area contributed by atoms with Crippen LogP contribution in [0.15, 0.2) is 12.1 Å². The Morgan fingerprint density at radius 3 is 2.47 bits per heavy atom. The zero-order valence-corrected chi connectivity index (χ0v) is 11.3. The molecule has 17 heavy (non-hydrogen) atoms. The summed E-state index contributed by atoms with van der Waals surface area (Å²) in [7, 11) is 1.53. The first kappa shape index (κ1) is 14.6. The molecule has 0 saturated heterocycles. The maximum atomic E-state index is 9.53. The fourth-order valence-corrected chi connectivity index (χ4v) is 2.19. The van der Waals surface area contributed by atoms with Crippen LogP contribution in [0.3, 0.4) is 0 Å². The van der Waals surface area contributed by atoms with Crippen LogP contribution in [0.25, 0.3) is 0 Å². The quantitative estimate of drug-likeness (QED) is 0.871. The molecule has 0 spiro atoms. The van der Waals surface area contributed by atoms with Gasteiger partial charge in [-0.3, -0.25) is 0 Å². The molecule has 0 bridgehead atoms. The lowest BCUT2D eigenvalue weighted by atomic mass is 10.0. The summed E-state index contributed by atoms with van der Waals surface area (Å²) >= 11 is 11.9. The van der Waals surface area contributed by atoms with Crippen LogP contribution in [0, 0.1) is 0 Å². The van der Waals surface area contributed by atoms with Gasteiger partial charge in [-0.05, 0) is 37.5 Å². The van der Waals surface area contributed by atoms with Crippen molar-refractivity contribution in [3.8, 4) is 5.75 Å². The predicted molar refractivity (Wildman–Crippen MR) is 69.0 cm³/mol. The van der Waals surface area contributed by atoms with E-state index >= 15 is 0 Å². The number of aliphatic hydroxyl groups is 2. The molecule has 0 saturated carbocycles. The Kier molecular flexibility index (Phi) is 5.53. The average molecular weight is 279 g/mol. The van der Waals surface area contributed by atoms with Gasteiger partial charge in [-0.25, -0.2) is 0 Å². The fourth-order valence-electron chi connectivity index (χ4n) is 1.57. The Morgan fingerprint density at radius 1 is 1.29 bits per heavy atom. The van der Waals surface area contributed by atoms with Crippen molar-refractivity contribution >= 4 is 23.2 Å². The number of aliphatic hydroxyl groups excluding tert-OH is 2. The van der Waals surface area contributed by atoms with Gasteiger partial charge >= 0.3 is 0 Å². The van der Waals surface area contributed by atoms with E-state index in [-0.39, 0.29) is 0 Å². The summed E-state index contributed by atoms with van der Waals surface area (Å²) in [5, 5.41) is 19.7. The van der Waals surface area contributed by atoms with Crippen molar-refractivity contribution in [2.75, 3.05) is 7.11 Å². The summed E-state index contributed by atoms with van der Waals surface area (Å²) in [6, 6.07) is 3.36. The van der Waals surface area contributed by atoms with Gasteiger partial charge in [-0.2, -0.15) is 0 Å². The van der Waals surface area contributed by atoms with Crippen LogP contribution >= 0.6 is 23.2 Å². The van der Waals surface area contributed by atoms with E-state index in [1.54, 1.807) is 19.1 Å². The van der Waals surface area contributed by atoms with Crippen molar-refractivity contribution in [1.29, 1.82) is 0 Å². The lowest BCUT2D eigenvalue weighted by Gasteiger charge is -2.15. The average Bonchev–Trinajstić information content (AvgIpc) is 2.24. The highest BCUT2D eigenvalue weighted by atomic mass is 35.5. The number of rotatable bonds is 5. The maximum Gasteiger partial charge on any atom is 0.140 e. The van der Waals surface area contributed by atoms with Crippen molar-refractivity contribution in [2.24, 2.45) is 0 Å². The Bertz CT molecular complexity index is 380. The predicted octanol–water partition coefficient (Wildman–Crippen LogP) is 2.68. The van der Waals surface area contributed by atoms with E-state index in [2.05, 4.69) is 0 Å². The van der Waals surface area contributed by atoms with Gasteiger partial charge in [0.25, 0.3) is 0 Å². The Balaban J connectivity index is 2.83. The molecular formula is C12H16Cl2O3. The lowest BCUT2D eigenvalue weighted by molar-refractivity contribution is 0.0264. The van der Waals surface area contributed by atoms with Gasteiger partial charge in [-0.1, -0.05) is 23.2 Å². The Hall–Kier alpha value is -0.480. The second-order valence-corrected chi connectivity index (χ2v) is 4.77. The van der Waals surface area contributed by atoms with E-state index in [1.807, 2.05) is 0 Å². The van der Waals surface area contributed by atoms with E-state index < -0.39 is 12.2 Å². The van der Waals surface area contributed by atoms with E-state index in [4.69, 9.17) is 27.9 Å². The third kappa shape index (κ3) is 4.03. The SMILES string of the molecule is COc1c(Cl)cc(Cl)cc1CCC(O)C(C)O. The number of benzene rings is 1. The van der Waals surface area contributed by atoms with E-state index in [9.17, 15) is 10.2 Å². The first-order chi connectivity index (χ1) is 7.95. The van der Waals surface area contributed by atoms with Crippen LogP contribution < -0.4 is 4.74 Å². The second-order valence-electron chi connectivity index (χ2n) is 3.93. The van der Waals surface area contributed by atoms with Gasteiger partial charge in [0.15, 0.2) is 0 Å². The zero-order chi connectivity index (χ0) is 13.0. The number of hydrogen-bond acceptors (Lipinski definition) is 3. The normalized spacial score (nSPS) is 14.5. The fraction of sp³-hybridized carbons (Fsp3) is 0.500. The number of aryl methyl sites for hydroxylation is 1. The van der Waals surface area contributed by atoms with Crippen molar-refractivity contribution in [2.45, 2.75) is 32.0 Å². The molecule has 0 amide bonds. The summed E-state index contributed by atoms with van der Waals surface area (Å²) in [5.74, 6) is 0.564. The number of hydrogen-bond donors (Lipinski definition) is 2. The second kappa shape index (κ2) is 6.45. The summed E-state index contributed by atoms with van der Waals surface area (Å²) in [6.45, 7) is 1.55. The molecule has 0 fully saturated rings. The van der Waals surface area contributed by atoms with Gasteiger partial charge in [0.05, 0.1) is 24.3 Å². The van der Waals surface area contributed by atoms with Crippen LogP contribution in [0.5, 0.6) is 5.75 Å². The minimum atomic E-state index is -0.766. The maximum absolute atomic E-state index is 9.53. The number of methoxy groups -OCH3 is 1. The highest BCUT2D eigenvalue weighted by molar-refractivity contribution is 6.35. The van der Waals surface area contributed by atoms with Crippen LogP contribution in [0.1, 0.15) is 18.9 Å². The van der Waals surface area contributed by atoms with Crippen molar-refractivity contribution in [3.05, 3.63) is 27.7 Å². The van der Waals surface area contributed by atoms with Gasteiger partial charge in [0.1, 0.15) is 5.75 Å².